The van der Waals surface area contributed by atoms with Gasteiger partial charge in [-0.1, -0.05) is 37.3 Å². The topological polar surface area (TPSA) is 52.0 Å². The van der Waals surface area contributed by atoms with E-state index >= 15 is 0 Å². The average molecular weight is 292 g/mol. The maximum absolute atomic E-state index is 8.81. The number of aromatic nitrogens is 1. The molecule has 1 aliphatic rings. The van der Waals surface area contributed by atoms with Crippen molar-refractivity contribution in [2.24, 2.45) is 5.92 Å². The molecule has 0 saturated carbocycles. The van der Waals surface area contributed by atoms with Crippen LogP contribution in [0.5, 0.6) is 0 Å². The van der Waals surface area contributed by atoms with Gasteiger partial charge in [0.15, 0.2) is 0 Å². The highest BCUT2D eigenvalue weighted by molar-refractivity contribution is 5.40. The summed E-state index contributed by atoms with van der Waals surface area (Å²) in [5.41, 5.74) is 1.95. The van der Waals surface area contributed by atoms with Gasteiger partial charge in [-0.05, 0) is 23.6 Å². The number of hydrogen-bond donors (Lipinski definition) is 1. The molecule has 0 bridgehead atoms. The lowest BCUT2D eigenvalue weighted by Crippen LogP contribution is -2.28. The Balaban J connectivity index is 1.59. The third-order valence-corrected chi connectivity index (χ3v) is 4.16. The summed E-state index contributed by atoms with van der Waals surface area (Å²) in [6.07, 6.45) is 1.61. The molecule has 112 valence electrons. The Labute approximate surface area is 131 Å². The van der Waals surface area contributed by atoms with Gasteiger partial charge in [-0.25, -0.2) is 4.98 Å². The minimum atomic E-state index is 0.393. The van der Waals surface area contributed by atoms with Crippen molar-refractivity contribution in [1.82, 2.24) is 9.88 Å². The number of anilines is 1. The number of benzene rings is 1. The van der Waals surface area contributed by atoms with Crippen molar-refractivity contribution < 1.29 is 0 Å². The van der Waals surface area contributed by atoms with Crippen molar-refractivity contribution in [3.63, 3.8) is 0 Å². The summed E-state index contributed by atoms with van der Waals surface area (Å²) >= 11 is 0. The molecule has 22 heavy (non-hydrogen) atoms. The van der Waals surface area contributed by atoms with Gasteiger partial charge in [0.2, 0.25) is 0 Å². The summed E-state index contributed by atoms with van der Waals surface area (Å²) in [6, 6.07) is 16.7. The molecule has 2 heterocycles. The summed E-state index contributed by atoms with van der Waals surface area (Å²) in [6.45, 7) is 5.36. The molecule has 0 radical (unpaired) electrons. The summed E-state index contributed by atoms with van der Waals surface area (Å²) < 4.78 is 0. The molecule has 4 nitrogen and oxygen atoms in total. The Hall–Kier alpha value is -2.38. The molecule has 0 aliphatic carbocycles. The van der Waals surface area contributed by atoms with Gasteiger partial charge in [-0.2, -0.15) is 5.26 Å². The molecule has 0 amide bonds. The summed E-state index contributed by atoms with van der Waals surface area (Å²) in [5, 5.41) is 12.3. The number of rotatable bonds is 4. The van der Waals surface area contributed by atoms with Gasteiger partial charge in [-0.3, -0.25) is 4.90 Å². The molecule has 1 saturated heterocycles. The summed E-state index contributed by atoms with van der Waals surface area (Å²) in [7, 11) is 0. The van der Waals surface area contributed by atoms with Gasteiger partial charge in [0.1, 0.15) is 11.9 Å². The van der Waals surface area contributed by atoms with E-state index in [-0.39, 0.29) is 0 Å². The van der Waals surface area contributed by atoms with Crippen LogP contribution in [-0.2, 0) is 6.54 Å². The number of hydrogen-bond acceptors (Lipinski definition) is 4. The van der Waals surface area contributed by atoms with Gasteiger partial charge in [-0.15, -0.1) is 0 Å². The molecule has 1 aliphatic heterocycles. The normalized spacial score (nSPS) is 21.5. The van der Waals surface area contributed by atoms with Crippen LogP contribution in [0, 0.1) is 17.2 Å². The zero-order valence-electron chi connectivity index (χ0n) is 12.7. The zero-order valence-corrected chi connectivity index (χ0v) is 12.7. The first-order valence-corrected chi connectivity index (χ1v) is 7.63. The van der Waals surface area contributed by atoms with Gasteiger partial charge < -0.3 is 5.32 Å². The highest BCUT2D eigenvalue weighted by Crippen LogP contribution is 2.21. The quantitative estimate of drug-likeness (QED) is 0.941. The lowest BCUT2D eigenvalue weighted by Gasteiger charge is -2.18. The molecular formula is C18H20N4. The molecule has 1 aromatic carbocycles. The smallest absolute Gasteiger partial charge is 0.126 e. The van der Waals surface area contributed by atoms with Crippen LogP contribution in [0.4, 0.5) is 5.82 Å². The SMILES string of the molecule is CC1CN(Cc2ccccc2)CC1Nc1ccc(C#N)cn1. The second-order valence-corrected chi connectivity index (χ2v) is 5.95. The van der Waals surface area contributed by atoms with Crippen molar-refractivity contribution in [2.75, 3.05) is 18.4 Å². The van der Waals surface area contributed by atoms with Gasteiger partial charge in [0.05, 0.1) is 5.56 Å². The zero-order chi connectivity index (χ0) is 15.4. The molecular weight excluding hydrogens is 272 g/mol. The molecule has 2 aromatic rings. The number of nitrogens with one attached hydrogen (secondary N) is 1. The Kier molecular flexibility index (Phi) is 4.36. The first-order valence-electron chi connectivity index (χ1n) is 7.63. The van der Waals surface area contributed by atoms with E-state index in [2.05, 4.69) is 58.5 Å². The minimum Gasteiger partial charge on any atom is -0.366 e. The van der Waals surface area contributed by atoms with Crippen LogP contribution in [-0.4, -0.2) is 29.0 Å². The lowest BCUT2D eigenvalue weighted by atomic mass is 10.1. The Morgan fingerprint density at radius 3 is 2.73 bits per heavy atom. The van der Waals surface area contributed by atoms with Crippen molar-refractivity contribution in [1.29, 1.82) is 5.26 Å². The van der Waals surface area contributed by atoms with E-state index in [9.17, 15) is 0 Å². The van der Waals surface area contributed by atoms with Gasteiger partial charge >= 0.3 is 0 Å². The standard InChI is InChI=1S/C18H20N4/c1-14-11-22(12-15-5-3-2-4-6-15)13-17(14)21-18-8-7-16(9-19)10-20-18/h2-8,10,14,17H,11-13H2,1H3,(H,20,21). The van der Waals surface area contributed by atoms with Crippen LogP contribution >= 0.6 is 0 Å². The average Bonchev–Trinajstić information content (AvgIpc) is 2.88. The van der Waals surface area contributed by atoms with E-state index in [1.807, 2.05) is 6.07 Å². The predicted octanol–water partition coefficient (Wildman–Crippen LogP) is 2.89. The number of pyridine rings is 1. The fraction of sp³-hybridized carbons (Fsp3) is 0.333. The largest absolute Gasteiger partial charge is 0.366 e. The molecule has 3 rings (SSSR count). The molecule has 4 heteroatoms. The molecule has 1 aromatic heterocycles. The van der Waals surface area contributed by atoms with Crippen molar-refractivity contribution in [3.8, 4) is 6.07 Å². The molecule has 1 N–H and O–H groups in total. The molecule has 1 fully saturated rings. The van der Waals surface area contributed by atoms with Gasteiger partial charge in [0, 0.05) is 31.9 Å². The number of nitriles is 1. The van der Waals surface area contributed by atoms with Crippen molar-refractivity contribution in [2.45, 2.75) is 19.5 Å². The van der Waals surface area contributed by atoms with E-state index in [4.69, 9.17) is 5.26 Å². The highest BCUT2D eigenvalue weighted by Gasteiger charge is 2.29. The number of nitrogens with zero attached hydrogens (tertiary/aromatic N) is 3. The highest BCUT2D eigenvalue weighted by atomic mass is 15.2. The van der Waals surface area contributed by atoms with E-state index in [1.165, 1.54) is 5.56 Å². The third kappa shape index (κ3) is 3.44. The van der Waals surface area contributed by atoms with Crippen LogP contribution in [0.1, 0.15) is 18.1 Å². The van der Waals surface area contributed by atoms with E-state index in [0.29, 0.717) is 17.5 Å². The fourth-order valence-corrected chi connectivity index (χ4v) is 2.96. The van der Waals surface area contributed by atoms with Crippen LogP contribution in [0.3, 0.4) is 0 Å². The first kappa shape index (κ1) is 14.6. The number of likely N-dealkylation sites (tertiary alicyclic amines) is 1. The van der Waals surface area contributed by atoms with Gasteiger partial charge in [0.25, 0.3) is 0 Å². The second-order valence-electron chi connectivity index (χ2n) is 5.95. The van der Waals surface area contributed by atoms with Crippen molar-refractivity contribution in [3.05, 3.63) is 59.8 Å². The van der Waals surface area contributed by atoms with Crippen molar-refractivity contribution >= 4 is 5.82 Å². The fourth-order valence-electron chi connectivity index (χ4n) is 2.96. The Morgan fingerprint density at radius 2 is 2.05 bits per heavy atom. The minimum absolute atomic E-state index is 0.393. The van der Waals surface area contributed by atoms with E-state index < -0.39 is 0 Å². The maximum Gasteiger partial charge on any atom is 0.126 e. The molecule has 2 unspecified atom stereocenters. The lowest BCUT2D eigenvalue weighted by molar-refractivity contribution is 0.319. The second kappa shape index (κ2) is 6.59. The Morgan fingerprint density at radius 1 is 1.23 bits per heavy atom. The maximum atomic E-state index is 8.81. The van der Waals surface area contributed by atoms with Crippen LogP contribution in [0.2, 0.25) is 0 Å². The summed E-state index contributed by atoms with van der Waals surface area (Å²) in [4.78, 5) is 6.78. The molecule has 2 atom stereocenters. The van der Waals surface area contributed by atoms with Crippen LogP contribution < -0.4 is 5.32 Å². The third-order valence-electron chi connectivity index (χ3n) is 4.16. The van der Waals surface area contributed by atoms with E-state index in [0.717, 1.165) is 25.5 Å². The van der Waals surface area contributed by atoms with E-state index in [1.54, 1.807) is 12.3 Å². The van der Waals surface area contributed by atoms with Crippen LogP contribution in [0.15, 0.2) is 48.7 Å². The predicted molar refractivity (Wildman–Crippen MR) is 87.2 cm³/mol. The molecule has 0 spiro atoms. The Bertz CT molecular complexity index is 645. The monoisotopic (exact) mass is 292 g/mol. The van der Waals surface area contributed by atoms with Crippen LogP contribution in [0.25, 0.3) is 0 Å². The summed E-state index contributed by atoms with van der Waals surface area (Å²) in [5.74, 6) is 1.42. The first-order chi connectivity index (χ1) is 10.7.